The number of aldehydes is 1. The third kappa shape index (κ3) is 9.26. The first-order chi connectivity index (χ1) is 19.3. The van der Waals surface area contributed by atoms with Crippen molar-refractivity contribution in [2.45, 2.75) is 51.3 Å². The Kier molecular flexibility index (Phi) is 11.8. The zero-order chi connectivity index (χ0) is 29.1. The lowest BCUT2D eigenvalue weighted by atomic mass is 10.2. The molecule has 2 aromatic rings. The highest BCUT2D eigenvalue weighted by Crippen LogP contribution is 2.37. The predicted molar refractivity (Wildman–Crippen MR) is 140 cm³/mol. The Bertz CT molecular complexity index is 1120. The van der Waals surface area contributed by atoms with Crippen LogP contribution in [0.2, 0.25) is 0 Å². The van der Waals surface area contributed by atoms with Gasteiger partial charge >= 0.3 is 6.61 Å². The SMILES string of the molecule is CNC1CCN(C(=O)c2nc(-c3ccc(OC(F)F)c(OCC4CC4)c3)oc2CN)C1.COC=O.O=CC1CC1. The number of hydrogen-bond donors (Lipinski definition) is 2. The number of alkyl halides is 2. The van der Waals surface area contributed by atoms with Gasteiger partial charge in [0.1, 0.15) is 6.29 Å². The van der Waals surface area contributed by atoms with Crippen LogP contribution in [0.4, 0.5) is 8.78 Å². The second-order valence-electron chi connectivity index (χ2n) is 9.62. The van der Waals surface area contributed by atoms with Gasteiger partial charge in [0.15, 0.2) is 23.0 Å². The van der Waals surface area contributed by atoms with Crippen molar-refractivity contribution in [2.24, 2.45) is 17.6 Å². The highest BCUT2D eigenvalue weighted by molar-refractivity contribution is 5.94. The van der Waals surface area contributed by atoms with E-state index in [4.69, 9.17) is 19.7 Å². The summed E-state index contributed by atoms with van der Waals surface area (Å²) in [6.45, 7) is -0.954. The van der Waals surface area contributed by atoms with E-state index in [2.05, 4.69) is 19.8 Å². The van der Waals surface area contributed by atoms with Crippen LogP contribution in [0, 0.1) is 11.8 Å². The molecule has 1 aromatic carbocycles. The number of likely N-dealkylation sites (tertiary alicyclic amines) is 1. The van der Waals surface area contributed by atoms with Crippen molar-refractivity contribution < 1.29 is 41.8 Å². The number of aromatic nitrogens is 1. The van der Waals surface area contributed by atoms with Crippen LogP contribution in [0.1, 0.15) is 48.4 Å². The highest BCUT2D eigenvalue weighted by atomic mass is 19.3. The van der Waals surface area contributed by atoms with Crippen molar-refractivity contribution in [2.75, 3.05) is 33.9 Å². The summed E-state index contributed by atoms with van der Waals surface area (Å²) < 4.78 is 45.4. The van der Waals surface area contributed by atoms with Crippen molar-refractivity contribution >= 4 is 18.7 Å². The molecule has 220 valence electrons. The van der Waals surface area contributed by atoms with E-state index >= 15 is 0 Å². The van der Waals surface area contributed by atoms with Crippen LogP contribution in [0.25, 0.3) is 11.5 Å². The number of methoxy groups -OCH3 is 1. The Morgan fingerprint density at radius 2 is 1.95 bits per heavy atom. The lowest BCUT2D eigenvalue weighted by molar-refractivity contribution is -0.126. The molecule has 2 saturated carbocycles. The molecule has 1 unspecified atom stereocenters. The normalized spacial score (nSPS) is 17.8. The van der Waals surface area contributed by atoms with Crippen LogP contribution < -0.4 is 20.5 Å². The van der Waals surface area contributed by atoms with Crippen LogP contribution in [-0.4, -0.2) is 75.1 Å². The lowest BCUT2D eigenvalue weighted by Gasteiger charge is -2.15. The molecule has 5 rings (SSSR count). The Morgan fingerprint density at radius 3 is 2.45 bits per heavy atom. The molecule has 1 aliphatic heterocycles. The van der Waals surface area contributed by atoms with E-state index < -0.39 is 6.61 Å². The van der Waals surface area contributed by atoms with Crippen molar-refractivity contribution in [3.05, 3.63) is 29.7 Å². The zero-order valence-electron chi connectivity index (χ0n) is 22.6. The van der Waals surface area contributed by atoms with E-state index in [1.165, 1.54) is 25.3 Å². The maximum Gasteiger partial charge on any atom is 0.387 e. The Hall–Kier alpha value is -3.58. The molecule has 11 nitrogen and oxygen atoms in total. The van der Waals surface area contributed by atoms with Crippen LogP contribution >= 0.6 is 0 Å². The molecular weight excluding hydrogens is 530 g/mol. The second-order valence-corrected chi connectivity index (χ2v) is 9.62. The number of oxazole rings is 1. The molecule has 40 heavy (non-hydrogen) atoms. The van der Waals surface area contributed by atoms with Gasteiger partial charge < -0.3 is 39.4 Å². The number of ether oxygens (including phenoxy) is 3. The summed E-state index contributed by atoms with van der Waals surface area (Å²) >= 11 is 0. The van der Waals surface area contributed by atoms with E-state index in [1.807, 2.05) is 7.05 Å². The fourth-order valence-electron chi connectivity index (χ4n) is 3.78. The van der Waals surface area contributed by atoms with E-state index in [0.717, 1.165) is 38.4 Å². The quantitative estimate of drug-likeness (QED) is 0.389. The predicted octanol–water partition coefficient (Wildman–Crippen LogP) is 3.01. The average molecular weight is 567 g/mol. The maximum atomic E-state index is 13.0. The van der Waals surface area contributed by atoms with Crippen LogP contribution in [-0.2, 0) is 20.9 Å². The number of carbonyl (C=O) groups is 3. The summed E-state index contributed by atoms with van der Waals surface area (Å²) in [5, 5.41) is 3.17. The summed E-state index contributed by atoms with van der Waals surface area (Å²) in [5.74, 6) is 1.22. The van der Waals surface area contributed by atoms with Gasteiger partial charge in [-0.3, -0.25) is 9.59 Å². The summed E-state index contributed by atoms with van der Waals surface area (Å²) in [7, 11) is 3.18. The second kappa shape index (κ2) is 15.3. The number of nitrogens with two attached hydrogens (primary N) is 1. The number of rotatable bonds is 11. The molecule has 3 fully saturated rings. The molecule has 13 heteroatoms. The van der Waals surface area contributed by atoms with E-state index in [0.29, 0.717) is 43.6 Å². The summed E-state index contributed by atoms with van der Waals surface area (Å²) in [4.78, 5) is 37.6. The summed E-state index contributed by atoms with van der Waals surface area (Å²) in [5.41, 5.74) is 6.44. The van der Waals surface area contributed by atoms with Gasteiger partial charge in [-0.2, -0.15) is 8.78 Å². The maximum absolute atomic E-state index is 13.0. The number of hydrogen-bond acceptors (Lipinski definition) is 10. The van der Waals surface area contributed by atoms with Crippen molar-refractivity contribution in [3.8, 4) is 23.0 Å². The van der Waals surface area contributed by atoms with Gasteiger partial charge in [0.05, 0.1) is 20.3 Å². The summed E-state index contributed by atoms with van der Waals surface area (Å²) in [6.07, 6.45) is 6.28. The fraction of sp³-hybridized carbons (Fsp3) is 0.556. The van der Waals surface area contributed by atoms with Gasteiger partial charge in [-0.15, -0.1) is 0 Å². The van der Waals surface area contributed by atoms with Gasteiger partial charge in [0, 0.05) is 30.6 Å². The number of nitrogens with zero attached hydrogens (tertiary/aromatic N) is 2. The van der Waals surface area contributed by atoms with E-state index in [1.54, 1.807) is 4.90 Å². The Morgan fingerprint density at radius 1 is 1.23 bits per heavy atom. The minimum absolute atomic E-state index is 0.00891. The van der Waals surface area contributed by atoms with Crippen LogP contribution in [0.3, 0.4) is 0 Å². The molecular formula is C27H36F2N4O7. The van der Waals surface area contributed by atoms with Crippen molar-refractivity contribution in [3.63, 3.8) is 0 Å². The number of likely N-dealkylation sites (N-methyl/N-ethyl adjacent to an activating group) is 1. The van der Waals surface area contributed by atoms with Crippen molar-refractivity contribution in [1.82, 2.24) is 15.2 Å². The minimum Gasteiger partial charge on any atom is -0.489 e. The molecule has 2 heterocycles. The Labute approximate surface area is 231 Å². The number of amides is 1. The molecule has 0 spiro atoms. The first-order valence-corrected chi connectivity index (χ1v) is 13.1. The average Bonchev–Trinajstić information content (AvgIpc) is 3.89. The number of carbonyl (C=O) groups excluding carboxylic acids is 3. The topological polar surface area (TPSA) is 146 Å². The Balaban J connectivity index is 0.000000420. The van der Waals surface area contributed by atoms with Crippen LogP contribution in [0.5, 0.6) is 11.5 Å². The highest BCUT2D eigenvalue weighted by Gasteiger charge is 2.30. The molecule has 0 bridgehead atoms. The van der Waals surface area contributed by atoms with Gasteiger partial charge in [0.25, 0.3) is 12.4 Å². The smallest absolute Gasteiger partial charge is 0.387 e. The molecule has 2 aliphatic carbocycles. The molecule has 3 aliphatic rings. The lowest BCUT2D eigenvalue weighted by Crippen LogP contribution is -2.34. The van der Waals surface area contributed by atoms with Gasteiger partial charge in [-0.05, 0) is 63.3 Å². The third-order valence-corrected chi connectivity index (χ3v) is 6.46. The van der Waals surface area contributed by atoms with Gasteiger partial charge in [-0.1, -0.05) is 0 Å². The van der Waals surface area contributed by atoms with Crippen LogP contribution in [0.15, 0.2) is 22.6 Å². The molecule has 1 atom stereocenters. The zero-order valence-corrected chi connectivity index (χ0v) is 22.6. The first-order valence-electron chi connectivity index (χ1n) is 13.1. The van der Waals surface area contributed by atoms with Gasteiger partial charge in [-0.25, -0.2) is 4.98 Å². The number of benzene rings is 1. The van der Waals surface area contributed by atoms with Gasteiger partial charge in [0.2, 0.25) is 5.89 Å². The summed E-state index contributed by atoms with van der Waals surface area (Å²) in [6, 6.07) is 4.70. The van der Waals surface area contributed by atoms with Crippen molar-refractivity contribution in [1.29, 1.82) is 0 Å². The monoisotopic (exact) mass is 566 g/mol. The third-order valence-electron chi connectivity index (χ3n) is 6.46. The van der Waals surface area contributed by atoms with E-state index in [9.17, 15) is 18.4 Å². The first kappa shape index (κ1) is 31.0. The standard InChI is InChI=1S/C21H26F2N4O4.C4H6O.C2H4O2/c1-25-14-6-7-27(10-14)20(28)18-17(9-24)30-19(26-18)13-4-5-15(31-21(22)23)16(8-13)29-11-12-2-3-12;5-3-4-1-2-4;1-4-2-3/h4-5,8,12,14,21,25H,2-3,6-7,9-11,24H2,1H3;3-4H,1-2H2;2H,1H3. The molecule has 0 radical (unpaired) electrons. The molecule has 1 saturated heterocycles. The van der Waals surface area contributed by atoms with E-state index in [-0.39, 0.29) is 47.3 Å². The largest absolute Gasteiger partial charge is 0.489 e. The molecule has 1 aromatic heterocycles. The number of halogens is 2. The number of nitrogens with one attached hydrogen (secondary N) is 1. The fourth-order valence-corrected chi connectivity index (χ4v) is 3.78. The molecule has 3 N–H and O–H groups in total. The molecule has 1 amide bonds. The minimum atomic E-state index is -2.97.